The molecule has 3 aromatic carbocycles. The summed E-state index contributed by atoms with van der Waals surface area (Å²) in [6, 6.07) is 30.7. The zero-order valence-corrected chi connectivity index (χ0v) is 17.0. The second kappa shape index (κ2) is 10.1. The van der Waals surface area contributed by atoms with Crippen molar-refractivity contribution in [3.63, 3.8) is 0 Å². The molecule has 1 aromatic heterocycles. The van der Waals surface area contributed by atoms with Gasteiger partial charge in [0.05, 0.1) is 5.56 Å². The molecule has 4 rings (SSSR count). The number of carbonyl (C=O) groups is 1. The van der Waals surface area contributed by atoms with E-state index < -0.39 is 0 Å². The smallest absolute Gasteiger partial charge is 0.255 e. The van der Waals surface area contributed by atoms with E-state index in [4.69, 9.17) is 4.74 Å². The number of amides is 1. The van der Waals surface area contributed by atoms with Crippen molar-refractivity contribution in [3.05, 3.63) is 114 Å². The van der Waals surface area contributed by atoms with Crippen molar-refractivity contribution in [1.82, 2.24) is 10.3 Å². The van der Waals surface area contributed by atoms with Crippen molar-refractivity contribution in [2.45, 2.75) is 6.42 Å². The van der Waals surface area contributed by atoms with Crippen molar-refractivity contribution < 1.29 is 9.53 Å². The topological polar surface area (TPSA) is 63.2 Å². The molecule has 0 aliphatic heterocycles. The number of rotatable bonds is 8. The van der Waals surface area contributed by atoms with Crippen LogP contribution in [0.15, 0.2) is 103 Å². The first kappa shape index (κ1) is 20.2. The number of hydrogen-bond acceptors (Lipinski definition) is 4. The molecule has 1 heterocycles. The fraction of sp³-hybridized carbons (Fsp3) is 0.0769. The first-order chi connectivity index (χ1) is 15.3. The Kier molecular flexibility index (Phi) is 6.55. The van der Waals surface area contributed by atoms with Gasteiger partial charge in [-0.3, -0.25) is 4.79 Å². The summed E-state index contributed by atoms with van der Waals surface area (Å²) in [6.07, 6.45) is 2.44. The Morgan fingerprint density at radius 3 is 2.19 bits per heavy atom. The summed E-state index contributed by atoms with van der Waals surface area (Å²) >= 11 is 0. The Morgan fingerprint density at radius 2 is 1.45 bits per heavy atom. The number of nitrogens with zero attached hydrogens (tertiary/aromatic N) is 1. The van der Waals surface area contributed by atoms with Gasteiger partial charge in [-0.05, 0) is 60.5 Å². The number of hydrogen-bond donors (Lipinski definition) is 2. The van der Waals surface area contributed by atoms with E-state index in [0.29, 0.717) is 17.9 Å². The molecule has 0 aliphatic carbocycles. The minimum absolute atomic E-state index is 0.157. The van der Waals surface area contributed by atoms with Crippen LogP contribution in [0.5, 0.6) is 11.5 Å². The number of nitrogens with one attached hydrogen (secondary N) is 2. The fourth-order valence-electron chi connectivity index (χ4n) is 3.12. The number of aromatic nitrogens is 1. The molecule has 0 atom stereocenters. The summed E-state index contributed by atoms with van der Waals surface area (Å²) in [5.74, 6) is 1.87. The maximum Gasteiger partial charge on any atom is 0.255 e. The monoisotopic (exact) mass is 409 g/mol. The SMILES string of the molecule is O=C(NCCc1ccccc1)c1cccnc1Nc1ccc(Oc2ccccc2)cc1. The molecule has 0 radical (unpaired) electrons. The molecule has 2 N–H and O–H groups in total. The van der Waals surface area contributed by atoms with Crippen molar-refractivity contribution in [2.24, 2.45) is 0 Å². The van der Waals surface area contributed by atoms with Gasteiger partial charge in [-0.15, -0.1) is 0 Å². The summed E-state index contributed by atoms with van der Waals surface area (Å²) in [6.45, 7) is 0.558. The van der Waals surface area contributed by atoms with E-state index in [-0.39, 0.29) is 5.91 Å². The second-order valence-electron chi connectivity index (χ2n) is 6.96. The minimum Gasteiger partial charge on any atom is -0.457 e. The predicted molar refractivity (Wildman–Crippen MR) is 123 cm³/mol. The second-order valence-corrected chi connectivity index (χ2v) is 6.96. The van der Waals surface area contributed by atoms with Crippen LogP contribution >= 0.6 is 0 Å². The highest BCUT2D eigenvalue weighted by Gasteiger charge is 2.12. The van der Waals surface area contributed by atoms with Gasteiger partial charge >= 0.3 is 0 Å². The third kappa shape index (κ3) is 5.70. The molecule has 0 saturated heterocycles. The van der Waals surface area contributed by atoms with Crippen LogP contribution in [0.25, 0.3) is 0 Å². The molecule has 5 nitrogen and oxygen atoms in total. The number of pyridine rings is 1. The van der Waals surface area contributed by atoms with Gasteiger partial charge in [0.1, 0.15) is 17.3 Å². The van der Waals surface area contributed by atoms with Crippen LogP contribution in [0, 0.1) is 0 Å². The molecule has 5 heteroatoms. The average molecular weight is 409 g/mol. The number of carbonyl (C=O) groups excluding carboxylic acids is 1. The molecule has 0 aliphatic rings. The Bertz CT molecular complexity index is 1110. The van der Waals surface area contributed by atoms with Crippen LogP contribution in [0.4, 0.5) is 11.5 Å². The molecule has 0 saturated carbocycles. The zero-order chi connectivity index (χ0) is 21.3. The quantitative estimate of drug-likeness (QED) is 0.398. The van der Waals surface area contributed by atoms with Gasteiger partial charge in [-0.2, -0.15) is 0 Å². The van der Waals surface area contributed by atoms with Crippen molar-refractivity contribution >= 4 is 17.4 Å². The van der Waals surface area contributed by atoms with E-state index in [9.17, 15) is 4.79 Å². The van der Waals surface area contributed by atoms with E-state index in [1.54, 1.807) is 18.3 Å². The number of ether oxygens (including phenoxy) is 1. The van der Waals surface area contributed by atoms with Gasteiger partial charge in [0.2, 0.25) is 0 Å². The standard InChI is InChI=1S/C26H23N3O2/c30-26(28-19-17-20-8-3-1-4-9-20)24-12-7-18-27-25(24)29-21-13-15-23(16-14-21)31-22-10-5-2-6-11-22/h1-16,18H,17,19H2,(H,27,29)(H,28,30). The Labute approximate surface area is 181 Å². The zero-order valence-electron chi connectivity index (χ0n) is 17.0. The van der Waals surface area contributed by atoms with Gasteiger partial charge in [0.15, 0.2) is 0 Å². The molecule has 31 heavy (non-hydrogen) atoms. The molecular formula is C26H23N3O2. The first-order valence-electron chi connectivity index (χ1n) is 10.1. The van der Waals surface area contributed by atoms with Crippen LogP contribution in [0.1, 0.15) is 15.9 Å². The summed E-state index contributed by atoms with van der Waals surface area (Å²) in [4.78, 5) is 17.0. The Balaban J connectivity index is 1.38. The van der Waals surface area contributed by atoms with E-state index in [1.807, 2.05) is 84.9 Å². The fourth-order valence-corrected chi connectivity index (χ4v) is 3.12. The largest absolute Gasteiger partial charge is 0.457 e. The first-order valence-corrected chi connectivity index (χ1v) is 10.1. The number of anilines is 2. The number of benzene rings is 3. The van der Waals surface area contributed by atoms with Gasteiger partial charge in [0, 0.05) is 18.4 Å². The maximum atomic E-state index is 12.7. The Hall–Kier alpha value is -4.12. The van der Waals surface area contributed by atoms with E-state index in [1.165, 1.54) is 5.56 Å². The van der Waals surface area contributed by atoms with Crippen molar-refractivity contribution in [2.75, 3.05) is 11.9 Å². The Morgan fingerprint density at radius 1 is 0.774 bits per heavy atom. The molecule has 0 bridgehead atoms. The van der Waals surface area contributed by atoms with Gasteiger partial charge in [0.25, 0.3) is 5.91 Å². The third-order valence-corrected chi connectivity index (χ3v) is 4.69. The van der Waals surface area contributed by atoms with Gasteiger partial charge in [-0.25, -0.2) is 4.98 Å². The lowest BCUT2D eigenvalue weighted by Gasteiger charge is -2.12. The molecule has 0 unspecified atom stereocenters. The molecular weight excluding hydrogens is 386 g/mol. The summed E-state index contributed by atoms with van der Waals surface area (Å²) < 4.78 is 5.82. The van der Waals surface area contributed by atoms with Crippen LogP contribution in [-0.4, -0.2) is 17.4 Å². The van der Waals surface area contributed by atoms with Gasteiger partial charge in [-0.1, -0.05) is 48.5 Å². The highest BCUT2D eigenvalue weighted by atomic mass is 16.5. The summed E-state index contributed by atoms with van der Waals surface area (Å²) in [5.41, 5.74) is 2.50. The van der Waals surface area contributed by atoms with Gasteiger partial charge < -0.3 is 15.4 Å². The van der Waals surface area contributed by atoms with E-state index >= 15 is 0 Å². The summed E-state index contributed by atoms with van der Waals surface area (Å²) in [5, 5.41) is 6.20. The van der Waals surface area contributed by atoms with Crippen molar-refractivity contribution in [1.29, 1.82) is 0 Å². The molecule has 0 spiro atoms. The van der Waals surface area contributed by atoms with E-state index in [0.717, 1.165) is 23.6 Å². The van der Waals surface area contributed by atoms with Crippen LogP contribution in [0.3, 0.4) is 0 Å². The average Bonchev–Trinajstić information content (AvgIpc) is 2.82. The number of para-hydroxylation sites is 1. The molecule has 154 valence electrons. The van der Waals surface area contributed by atoms with Crippen LogP contribution in [0.2, 0.25) is 0 Å². The molecule has 4 aromatic rings. The predicted octanol–water partition coefficient (Wildman–Crippen LogP) is 5.59. The lowest BCUT2D eigenvalue weighted by molar-refractivity contribution is 0.0954. The highest BCUT2D eigenvalue weighted by Crippen LogP contribution is 2.24. The van der Waals surface area contributed by atoms with Crippen molar-refractivity contribution in [3.8, 4) is 11.5 Å². The lowest BCUT2D eigenvalue weighted by atomic mass is 10.1. The normalized spacial score (nSPS) is 10.3. The summed E-state index contributed by atoms with van der Waals surface area (Å²) in [7, 11) is 0. The van der Waals surface area contributed by atoms with Crippen LogP contribution in [-0.2, 0) is 6.42 Å². The maximum absolute atomic E-state index is 12.7. The third-order valence-electron chi connectivity index (χ3n) is 4.69. The lowest BCUT2D eigenvalue weighted by Crippen LogP contribution is -2.26. The highest BCUT2D eigenvalue weighted by molar-refractivity contribution is 5.99. The van der Waals surface area contributed by atoms with E-state index in [2.05, 4.69) is 15.6 Å². The molecule has 0 fully saturated rings. The molecule has 1 amide bonds. The minimum atomic E-state index is -0.157. The van der Waals surface area contributed by atoms with Crippen LogP contribution < -0.4 is 15.4 Å².